The summed E-state index contributed by atoms with van der Waals surface area (Å²) >= 11 is 0. The third-order valence-electron chi connectivity index (χ3n) is 1.18. The fourth-order valence-electron chi connectivity index (χ4n) is 0.627. The molecule has 0 aromatic heterocycles. The molecule has 0 aliphatic heterocycles. The lowest BCUT2D eigenvalue weighted by Crippen LogP contribution is -2.38. The maximum atomic E-state index is 10.7. The van der Waals surface area contributed by atoms with Crippen LogP contribution in [0.4, 0.5) is 0 Å². The molecule has 0 radical (unpaired) electrons. The molecule has 0 heterocycles. The molecule has 0 fully saturated rings. The minimum atomic E-state index is -0.319. The van der Waals surface area contributed by atoms with Gasteiger partial charge in [0.05, 0.1) is 6.04 Å². The van der Waals surface area contributed by atoms with Gasteiger partial charge in [0.2, 0.25) is 5.91 Å². The molecule has 62 valence electrons. The summed E-state index contributed by atoms with van der Waals surface area (Å²) in [4.78, 5) is 10.7. The van der Waals surface area contributed by atoms with Crippen molar-refractivity contribution in [3.05, 3.63) is 0 Å². The molecular formula is C6H15ClN2O. The first-order valence-corrected chi connectivity index (χ1v) is 3.19. The summed E-state index contributed by atoms with van der Waals surface area (Å²) in [7, 11) is 1.60. The summed E-state index contributed by atoms with van der Waals surface area (Å²) in [6.45, 7) is 2.00. The third kappa shape index (κ3) is 4.58. The zero-order valence-corrected chi connectivity index (χ0v) is 7.20. The molecule has 0 aliphatic carbocycles. The fraction of sp³-hybridized carbons (Fsp3) is 0.833. The highest BCUT2D eigenvalue weighted by molar-refractivity contribution is 5.85. The molecule has 1 atom stereocenters. The van der Waals surface area contributed by atoms with Crippen molar-refractivity contribution in [3.8, 4) is 0 Å². The van der Waals surface area contributed by atoms with Gasteiger partial charge in [-0.1, -0.05) is 13.3 Å². The van der Waals surface area contributed by atoms with Crippen LogP contribution in [0.5, 0.6) is 0 Å². The Kier molecular flexibility index (Phi) is 8.48. The predicted octanol–water partition coefficient (Wildman–Crippen LogP) is 0.282. The van der Waals surface area contributed by atoms with Crippen LogP contribution in [0.2, 0.25) is 0 Å². The molecule has 0 aromatic carbocycles. The van der Waals surface area contributed by atoms with Gasteiger partial charge >= 0.3 is 0 Å². The van der Waals surface area contributed by atoms with Crippen molar-refractivity contribution >= 4 is 18.3 Å². The van der Waals surface area contributed by atoms with Crippen molar-refractivity contribution in [2.75, 3.05) is 7.05 Å². The second kappa shape index (κ2) is 6.83. The van der Waals surface area contributed by atoms with Crippen LogP contribution in [-0.4, -0.2) is 19.0 Å². The van der Waals surface area contributed by atoms with Crippen molar-refractivity contribution in [1.82, 2.24) is 5.32 Å². The molecule has 0 aromatic rings. The van der Waals surface area contributed by atoms with Gasteiger partial charge in [-0.15, -0.1) is 12.4 Å². The average molecular weight is 167 g/mol. The minimum Gasteiger partial charge on any atom is -0.358 e. The van der Waals surface area contributed by atoms with Crippen LogP contribution in [-0.2, 0) is 4.79 Å². The normalized spacial score (nSPS) is 11.5. The van der Waals surface area contributed by atoms with E-state index in [-0.39, 0.29) is 24.4 Å². The molecule has 1 unspecified atom stereocenters. The molecule has 0 saturated carbocycles. The van der Waals surface area contributed by atoms with Gasteiger partial charge in [-0.05, 0) is 6.42 Å². The lowest BCUT2D eigenvalue weighted by Gasteiger charge is -2.06. The maximum absolute atomic E-state index is 10.7. The summed E-state index contributed by atoms with van der Waals surface area (Å²) in [5, 5.41) is 2.49. The van der Waals surface area contributed by atoms with E-state index in [1.165, 1.54) is 0 Å². The van der Waals surface area contributed by atoms with Gasteiger partial charge in [0, 0.05) is 7.05 Å². The van der Waals surface area contributed by atoms with Crippen LogP contribution in [0.3, 0.4) is 0 Å². The molecule has 10 heavy (non-hydrogen) atoms. The summed E-state index contributed by atoms with van der Waals surface area (Å²) < 4.78 is 0. The highest BCUT2D eigenvalue weighted by atomic mass is 35.5. The van der Waals surface area contributed by atoms with Gasteiger partial charge < -0.3 is 11.1 Å². The Labute approximate surface area is 67.8 Å². The first-order valence-electron chi connectivity index (χ1n) is 3.19. The van der Waals surface area contributed by atoms with Crippen molar-refractivity contribution in [2.45, 2.75) is 25.8 Å². The third-order valence-corrected chi connectivity index (χ3v) is 1.18. The van der Waals surface area contributed by atoms with E-state index in [2.05, 4.69) is 5.32 Å². The number of nitrogens with two attached hydrogens (primary N) is 1. The largest absolute Gasteiger partial charge is 0.358 e. The molecule has 0 rings (SSSR count). The maximum Gasteiger partial charge on any atom is 0.236 e. The molecule has 0 spiro atoms. The van der Waals surface area contributed by atoms with Crippen LogP contribution in [0, 0.1) is 0 Å². The zero-order valence-electron chi connectivity index (χ0n) is 6.39. The minimum absolute atomic E-state index is 0. The number of carbonyl (C=O) groups excluding carboxylic acids is 1. The van der Waals surface area contributed by atoms with Crippen molar-refractivity contribution in [2.24, 2.45) is 5.73 Å². The summed E-state index contributed by atoms with van der Waals surface area (Å²) in [6, 6.07) is -0.319. The van der Waals surface area contributed by atoms with Crippen LogP contribution < -0.4 is 11.1 Å². The number of halogens is 1. The van der Waals surface area contributed by atoms with E-state index >= 15 is 0 Å². The number of hydrogen-bond acceptors (Lipinski definition) is 2. The second-order valence-corrected chi connectivity index (χ2v) is 2.01. The molecule has 0 aliphatic rings. The standard InChI is InChI=1S/C6H14N2O.ClH/c1-3-4-5(7)6(9)8-2;/h5H,3-4,7H2,1-2H3,(H,8,9);1H. The van der Waals surface area contributed by atoms with Crippen molar-refractivity contribution in [3.63, 3.8) is 0 Å². The van der Waals surface area contributed by atoms with E-state index in [0.29, 0.717) is 0 Å². The highest BCUT2D eigenvalue weighted by Crippen LogP contribution is 1.91. The predicted molar refractivity (Wildman–Crippen MR) is 44.2 cm³/mol. The van der Waals surface area contributed by atoms with Gasteiger partial charge in [-0.25, -0.2) is 0 Å². The van der Waals surface area contributed by atoms with Crippen LogP contribution in [0.15, 0.2) is 0 Å². The Hall–Kier alpha value is -0.280. The monoisotopic (exact) mass is 166 g/mol. The Morgan fingerprint density at radius 1 is 1.70 bits per heavy atom. The number of amides is 1. The number of nitrogens with one attached hydrogen (secondary N) is 1. The Morgan fingerprint density at radius 2 is 2.20 bits per heavy atom. The molecule has 3 nitrogen and oxygen atoms in total. The van der Waals surface area contributed by atoms with Crippen LogP contribution in [0.1, 0.15) is 19.8 Å². The second-order valence-electron chi connectivity index (χ2n) is 2.01. The van der Waals surface area contributed by atoms with Gasteiger partial charge in [-0.3, -0.25) is 4.79 Å². The van der Waals surface area contributed by atoms with Crippen molar-refractivity contribution < 1.29 is 4.79 Å². The summed E-state index contributed by atoms with van der Waals surface area (Å²) in [5.41, 5.74) is 5.43. The average Bonchev–Trinajstić information content (AvgIpc) is 1.87. The topological polar surface area (TPSA) is 55.1 Å². The first kappa shape index (κ1) is 12.4. The molecule has 0 saturated heterocycles. The van der Waals surface area contributed by atoms with E-state index < -0.39 is 0 Å². The summed E-state index contributed by atoms with van der Waals surface area (Å²) in [6.07, 6.45) is 1.72. The van der Waals surface area contributed by atoms with Crippen molar-refractivity contribution in [1.29, 1.82) is 0 Å². The summed E-state index contributed by atoms with van der Waals surface area (Å²) in [5.74, 6) is -0.0724. The zero-order chi connectivity index (χ0) is 7.28. The number of likely N-dealkylation sites (N-methyl/N-ethyl adjacent to an activating group) is 1. The molecule has 4 heteroatoms. The SMILES string of the molecule is CCCC(N)C(=O)NC.Cl. The fourth-order valence-corrected chi connectivity index (χ4v) is 0.627. The van der Waals surface area contributed by atoms with Gasteiger partial charge in [-0.2, -0.15) is 0 Å². The lowest BCUT2D eigenvalue weighted by molar-refractivity contribution is -0.122. The number of rotatable bonds is 3. The molecular weight excluding hydrogens is 152 g/mol. The first-order chi connectivity index (χ1) is 4.22. The van der Waals surface area contributed by atoms with Crippen LogP contribution in [0.25, 0.3) is 0 Å². The molecule has 1 amide bonds. The molecule has 0 bridgehead atoms. The Balaban J connectivity index is 0. The van der Waals surface area contributed by atoms with Gasteiger partial charge in [0.15, 0.2) is 0 Å². The quantitative estimate of drug-likeness (QED) is 0.633. The van der Waals surface area contributed by atoms with Crippen LogP contribution >= 0.6 is 12.4 Å². The highest BCUT2D eigenvalue weighted by Gasteiger charge is 2.08. The van der Waals surface area contributed by atoms with E-state index in [1.54, 1.807) is 7.05 Å². The number of carbonyl (C=O) groups is 1. The Morgan fingerprint density at radius 3 is 2.50 bits per heavy atom. The Bertz CT molecular complexity index is 97.7. The number of hydrogen-bond donors (Lipinski definition) is 2. The van der Waals surface area contributed by atoms with E-state index in [1.807, 2.05) is 6.92 Å². The lowest BCUT2D eigenvalue weighted by atomic mass is 10.2. The van der Waals surface area contributed by atoms with Gasteiger partial charge in [0.25, 0.3) is 0 Å². The van der Waals surface area contributed by atoms with E-state index in [9.17, 15) is 4.79 Å². The van der Waals surface area contributed by atoms with E-state index in [0.717, 1.165) is 12.8 Å². The molecule has 3 N–H and O–H groups in total. The van der Waals surface area contributed by atoms with Gasteiger partial charge in [0.1, 0.15) is 0 Å². The van der Waals surface area contributed by atoms with E-state index in [4.69, 9.17) is 5.73 Å². The smallest absolute Gasteiger partial charge is 0.236 e.